The summed E-state index contributed by atoms with van der Waals surface area (Å²) in [5.74, 6) is 1.54. The van der Waals surface area contributed by atoms with Crippen LogP contribution >= 0.6 is 0 Å². The fraction of sp³-hybridized carbons (Fsp3) is 0.375. The quantitative estimate of drug-likeness (QED) is 0.807. The fourth-order valence-electron chi connectivity index (χ4n) is 5.35. The third kappa shape index (κ3) is 2.37. The lowest BCUT2D eigenvalue weighted by atomic mass is 9.71. The molecule has 5 rings (SSSR count). The van der Waals surface area contributed by atoms with E-state index >= 15 is 0 Å². The molecule has 2 aromatic rings. The van der Waals surface area contributed by atoms with Gasteiger partial charge in [0.1, 0.15) is 11.6 Å². The Morgan fingerprint density at radius 3 is 2.26 bits per heavy atom. The Kier molecular flexibility index (Phi) is 3.68. The van der Waals surface area contributed by atoms with E-state index in [1.165, 1.54) is 22.3 Å². The molecule has 3 aliphatic rings. The van der Waals surface area contributed by atoms with Crippen LogP contribution in [0, 0.1) is 5.41 Å². The second-order valence-corrected chi connectivity index (χ2v) is 8.13. The molecule has 2 aromatic carbocycles. The van der Waals surface area contributed by atoms with Crippen molar-refractivity contribution in [3.8, 4) is 0 Å². The van der Waals surface area contributed by atoms with Crippen LogP contribution in [0.4, 0.5) is 0 Å². The minimum Gasteiger partial charge on any atom is -0.465 e. The Hall–Kier alpha value is -2.55. The second-order valence-electron chi connectivity index (χ2n) is 8.13. The molecule has 0 saturated heterocycles. The predicted octanol–water partition coefficient (Wildman–Crippen LogP) is 4.64. The number of fused-ring (bicyclic) bond motifs is 4. The van der Waals surface area contributed by atoms with Crippen molar-refractivity contribution in [3.63, 3.8) is 0 Å². The van der Waals surface area contributed by atoms with Crippen LogP contribution in [-0.2, 0) is 29.7 Å². The standard InChI is InChI=1S/C24H26N2O/c1-2-20-15-22(25)26-24(27-20)21-10-6-5-9-19(21)16-23(24)13-11-17-7-3-4-8-18(17)12-14-23/h3-10,15H,2,11-14,16H2,1H3,(H2,25,26). The maximum Gasteiger partial charge on any atom is 0.233 e. The molecule has 2 spiro atoms. The zero-order valence-electron chi connectivity index (χ0n) is 15.9. The van der Waals surface area contributed by atoms with Crippen LogP contribution in [0.15, 0.2) is 65.4 Å². The van der Waals surface area contributed by atoms with E-state index < -0.39 is 5.72 Å². The summed E-state index contributed by atoms with van der Waals surface area (Å²) in [5, 5.41) is 0. The first kappa shape index (κ1) is 16.6. The van der Waals surface area contributed by atoms with Gasteiger partial charge < -0.3 is 10.5 Å². The van der Waals surface area contributed by atoms with E-state index in [-0.39, 0.29) is 5.41 Å². The van der Waals surface area contributed by atoms with Crippen molar-refractivity contribution in [3.05, 3.63) is 82.6 Å². The number of nitrogens with zero attached hydrogens (tertiary/aromatic N) is 1. The molecule has 1 unspecified atom stereocenters. The fourth-order valence-corrected chi connectivity index (χ4v) is 5.35. The van der Waals surface area contributed by atoms with Gasteiger partial charge in [0.05, 0.1) is 0 Å². The molecule has 138 valence electrons. The molecule has 1 aliphatic heterocycles. The maximum absolute atomic E-state index is 6.72. The molecule has 0 aromatic heterocycles. The normalized spacial score (nSPS) is 25.2. The van der Waals surface area contributed by atoms with Gasteiger partial charge in [-0.3, -0.25) is 0 Å². The Labute approximate surface area is 161 Å². The molecule has 3 heteroatoms. The predicted molar refractivity (Wildman–Crippen MR) is 108 cm³/mol. The zero-order chi connectivity index (χ0) is 18.5. The van der Waals surface area contributed by atoms with Gasteiger partial charge in [-0.05, 0) is 48.8 Å². The van der Waals surface area contributed by atoms with E-state index in [0.29, 0.717) is 5.84 Å². The lowest BCUT2D eigenvalue weighted by molar-refractivity contribution is -0.106. The Bertz CT molecular complexity index is 931. The first-order valence-electron chi connectivity index (χ1n) is 10.1. The molecule has 2 aliphatic carbocycles. The van der Waals surface area contributed by atoms with Gasteiger partial charge in [0.25, 0.3) is 0 Å². The zero-order valence-corrected chi connectivity index (χ0v) is 15.9. The molecule has 3 nitrogen and oxygen atoms in total. The lowest BCUT2D eigenvalue weighted by Gasteiger charge is -2.45. The van der Waals surface area contributed by atoms with Gasteiger partial charge in [0.2, 0.25) is 5.72 Å². The second kappa shape index (κ2) is 5.98. The van der Waals surface area contributed by atoms with Crippen molar-refractivity contribution >= 4 is 5.84 Å². The Morgan fingerprint density at radius 2 is 1.59 bits per heavy atom. The number of ether oxygens (including phenoxy) is 1. The Morgan fingerprint density at radius 1 is 0.963 bits per heavy atom. The molecule has 1 atom stereocenters. The first-order valence-corrected chi connectivity index (χ1v) is 10.1. The molecule has 0 saturated carbocycles. The van der Waals surface area contributed by atoms with Crippen LogP contribution in [-0.4, -0.2) is 5.84 Å². The van der Waals surface area contributed by atoms with E-state index in [1.54, 1.807) is 0 Å². The number of aliphatic imine (C=N–C) groups is 1. The first-order chi connectivity index (χ1) is 13.2. The van der Waals surface area contributed by atoms with Gasteiger partial charge in [-0.2, -0.15) is 0 Å². The van der Waals surface area contributed by atoms with Gasteiger partial charge in [0, 0.05) is 23.5 Å². The number of amidine groups is 1. The molecule has 0 bridgehead atoms. The number of hydrogen-bond acceptors (Lipinski definition) is 3. The van der Waals surface area contributed by atoms with E-state index in [0.717, 1.165) is 44.3 Å². The van der Waals surface area contributed by atoms with Gasteiger partial charge in [0.15, 0.2) is 0 Å². The monoisotopic (exact) mass is 358 g/mol. The van der Waals surface area contributed by atoms with Crippen molar-refractivity contribution in [2.24, 2.45) is 16.1 Å². The minimum atomic E-state index is -0.685. The summed E-state index contributed by atoms with van der Waals surface area (Å²) < 4.78 is 6.72. The molecular formula is C24H26N2O. The number of rotatable bonds is 1. The highest BCUT2D eigenvalue weighted by Gasteiger charge is 2.60. The van der Waals surface area contributed by atoms with Crippen molar-refractivity contribution in [2.45, 2.75) is 51.2 Å². The summed E-state index contributed by atoms with van der Waals surface area (Å²) in [6.45, 7) is 2.12. The third-order valence-corrected chi connectivity index (χ3v) is 6.72. The van der Waals surface area contributed by atoms with Crippen molar-refractivity contribution in [1.82, 2.24) is 0 Å². The maximum atomic E-state index is 6.72. The summed E-state index contributed by atoms with van der Waals surface area (Å²) in [5.41, 5.74) is 11.1. The van der Waals surface area contributed by atoms with Gasteiger partial charge in [-0.1, -0.05) is 55.5 Å². The smallest absolute Gasteiger partial charge is 0.233 e. The van der Waals surface area contributed by atoms with E-state index in [4.69, 9.17) is 15.5 Å². The number of aryl methyl sites for hydroxylation is 2. The molecule has 1 heterocycles. The summed E-state index contributed by atoms with van der Waals surface area (Å²) in [4.78, 5) is 5.03. The van der Waals surface area contributed by atoms with E-state index in [2.05, 4.69) is 55.5 Å². The van der Waals surface area contributed by atoms with Crippen molar-refractivity contribution in [2.75, 3.05) is 0 Å². The average Bonchev–Trinajstić information content (AvgIpc) is 2.81. The van der Waals surface area contributed by atoms with Gasteiger partial charge >= 0.3 is 0 Å². The summed E-state index contributed by atoms with van der Waals surface area (Å²) in [7, 11) is 0. The average molecular weight is 358 g/mol. The van der Waals surface area contributed by atoms with Crippen LogP contribution in [0.25, 0.3) is 0 Å². The minimum absolute atomic E-state index is 0.0605. The van der Waals surface area contributed by atoms with Crippen LogP contribution in [0.5, 0.6) is 0 Å². The molecule has 27 heavy (non-hydrogen) atoms. The highest BCUT2D eigenvalue weighted by atomic mass is 16.5. The van der Waals surface area contributed by atoms with Crippen molar-refractivity contribution < 1.29 is 4.74 Å². The third-order valence-electron chi connectivity index (χ3n) is 6.72. The summed E-state index contributed by atoms with van der Waals surface area (Å²) in [6.07, 6.45) is 7.98. The molecular weight excluding hydrogens is 332 g/mol. The SMILES string of the molecule is CCC1=CC(N)=NC2(O1)c1ccccc1CC21CCc2ccccc2CC1. The van der Waals surface area contributed by atoms with Crippen LogP contribution in [0.2, 0.25) is 0 Å². The lowest BCUT2D eigenvalue weighted by Crippen LogP contribution is -2.46. The topological polar surface area (TPSA) is 47.6 Å². The van der Waals surface area contributed by atoms with E-state index in [1.807, 2.05) is 6.08 Å². The van der Waals surface area contributed by atoms with Gasteiger partial charge in [-0.15, -0.1) is 0 Å². The molecule has 0 fully saturated rings. The Balaban J connectivity index is 1.66. The molecule has 2 N–H and O–H groups in total. The number of allylic oxidation sites excluding steroid dienone is 1. The number of benzene rings is 2. The summed E-state index contributed by atoms with van der Waals surface area (Å²) >= 11 is 0. The number of hydrogen-bond donors (Lipinski definition) is 1. The molecule has 0 amide bonds. The van der Waals surface area contributed by atoms with E-state index in [9.17, 15) is 0 Å². The summed E-state index contributed by atoms with van der Waals surface area (Å²) in [6, 6.07) is 17.5. The van der Waals surface area contributed by atoms with Crippen LogP contribution in [0.3, 0.4) is 0 Å². The highest BCUT2D eigenvalue weighted by Crippen LogP contribution is 2.60. The van der Waals surface area contributed by atoms with Gasteiger partial charge in [-0.25, -0.2) is 4.99 Å². The molecule has 0 radical (unpaired) electrons. The van der Waals surface area contributed by atoms with Crippen LogP contribution in [0.1, 0.15) is 48.4 Å². The largest absolute Gasteiger partial charge is 0.465 e. The number of nitrogens with two attached hydrogens (primary N) is 1. The van der Waals surface area contributed by atoms with Crippen LogP contribution < -0.4 is 5.73 Å². The highest BCUT2D eigenvalue weighted by molar-refractivity contribution is 5.92. The van der Waals surface area contributed by atoms with Crippen molar-refractivity contribution in [1.29, 1.82) is 0 Å².